The van der Waals surface area contributed by atoms with Gasteiger partial charge in [0.15, 0.2) is 0 Å². The quantitative estimate of drug-likeness (QED) is 0.785. The van der Waals surface area contributed by atoms with Gasteiger partial charge in [-0.3, -0.25) is 9.69 Å². The van der Waals surface area contributed by atoms with Gasteiger partial charge in [0.1, 0.15) is 0 Å². The monoisotopic (exact) mass is 255 g/mol. The van der Waals surface area contributed by atoms with E-state index in [1.807, 2.05) is 0 Å². The Morgan fingerprint density at radius 2 is 2.11 bits per heavy atom. The molecule has 1 saturated heterocycles. The molecule has 1 saturated carbocycles. The van der Waals surface area contributed by atoms with Gasteiger partial charge in [-0.15, -0.1) is 0 Å². The molecule has 0 aromatic heterocycles. The molecule has 0 aromatic rings. The lowest BCUT2D eigenvalue weighted by atomic mass is 9.90. The van der Waals surface area contributed by atoms with E-state index in [0.29, 0.717) is 25.4 Å². The Hall–Kier alpha value is -0.610. The van der Waals surface area contributed by atoms with Crippen molar-refractivity contribution in [3.63, 3.8) is 0 Å². The standard InChI is InChI=1S/C14H25NO3/c1-14(13(17)18)6-7-15(10-14)9-12(16)8-11-4-2-3-5-11/h11-12,16H,2-10H2,1H3,(H,17,18). The number of aliphatic hydroxyl groups is 1. The number of carboxylic acids is 1. The maximum absolute atomic E-state index is 11.1. The third kappa shape index (κ3) is 3.23. The number of carbonyl (C=O) groups is 1. The predicted octanol–water partition coefficient (Wildman–Crippen LogP) is 1.72. The first-order chi connectivity index (χ1) is 8.49. The lowest BCUT2D eigenvalue weighted by Crippen LogP contribution is -2.36. The number of hydrogen-bond donors (Lipinski definition) is 2. The fraction of sp³-hybridized carbons (Fsp3) is 0.929. The van der Waals surface area contributed by atoms with E-state index in [0.717, 1.165) is 13.0 Å². The van der Waals surface area contributed by atoms with Crippen LogP contribution in [0.3, 0.4) is 0 Å². The normalized spacial score (nSPS) is 31.9. The van der Waals surface area contributed by atoms with Gasteiger partial charge in [-0.25, -0.2) is 0 Å². The molecule has 2 aliphatic rings. The van der Waals surface area contributed by atoms with Crippen LogP contribution in [0.15, 0.2) is 0 Å². The second-order valence-electron chi connectivity index (χ2n) is 6.39. The lowest BCUT2D eigenvalue weighted by Gasteiger charge is -2.23. The lowest BCUT2D eigenvalue weighted by molar-refractivity contribution is -0.147. The molecule has 0 aromatic carbocycles. The van der Waals surface area contributed by atoms with Gasteiger partial charge in [-0.2, -0.15) is 0 Å². The van der Waals surface area contributed by atoms with Gasteiger partial charge in [0.25, 0.3) is 0 Å². The largest absolute Gasteiger partial charge is 0.481 e. The first-order valence-corrected chi connectivity index (χ1v) is 7.13. The SMILES string of the molecule is CC1(C(=O)O)CCN(CC(O)CC2CCCC2)C1. The first kappa shape index (κ1) is 13.8. The van der Waals surface area contributed by atoms with Crippen LogP contribution in [0.5, 0.6) is 0 Å². The fourth-order valence-electron chi connectivity index (χ4n) is 3.39. The van der Waals surface area contributed by atoms with Crippen molar-refractivity contribution >= 4 is 5.97 Å². The summed E-state index contributed by atoms with van der Waals surface area (Å²) >= 11 is 0. The van der Waals surface area contributed by atoms with E-state index in [1.165, 1.54) is 25.7 Å². The van der Waals surface area contributed by atoms with Crippen molar-refractivity contribution in [1.29, 1.82) is 0 Å². The highest BCUT2D eigenvalue weighted by Crippen LogP contribution is 2.32. The number of likely N-dealkylation sites (tertiary alicyclic amines) is 1. The topological polar surface area (TPSA) is 60.8 Å². The second kappa shape index (κ2) is 5.57. The van der Waals surface area contributed by atoms with Crippen molar-refractivity contribution in [3.05, 3.63) is 0 Å². The Morgan fingerprint density at radius 1 is 1.44 bits per heavy atom. The fourth-order valence-corrected chi connectivity index (χ4v) is 3.39. The molecule has 0 amide bonds. The smallest absolute Gasteiger partial charge is 0.310 e. The van der Waals surface area contributed by atoms with Gasteiger partial charge < -0.3 is 10.2 Å². The molecule has 1 aliphatic carbocycles. The van der Waals surface area contributed by atoms with Gasteiger partial charge in [0.05, 0.1) is 11.5 Å². The zero-order chi connectivity index (χ0) is 13.2. The molecule has 4 nitrogen and oxygen atoms in total. The van der Waals surface area contributed by atoms with Gasteiger partial charge >= 0.3 is 5.97 Å². The average molecular weight is 255 g/mol. The Bertz CT molecular complexity index is 301. The summed E-state index contributed by atoms with van der Waals surface area (Å²) in [7, 11) is 0. The van der Waals surface area contributed by atoms with Gasteiger partial charge in [0, 0.05) is 13.1 Å². The molecule has 2 N–H and O–H groups in total. The van der Waals surface area contributed by atoms with Crippen molar-refractivity contribution in [2.75, 3.05) is 19.6 Å². The van der Waals surface area contributed by atoms with Crippen LogP contribution in [-0.4, -0.2) is 46.8 Å². The van der Waals surface area contributed by atoms with E-state index in [2.05, 4.69) is 4.90 Å². The number of carboxylic acid groups (broad SMARTS) is 1. The van der Waals surface area contributed by atoms with Crippen LogP contribution in [-0.2, 0) is 4.79 Å². The molecule has 104 valence electrons. The van der Waals surface area contributed by atoms with Crippen LogP contribution in [0.2, 0.25) is 0 Å². The van der Waals surface area contributed by atoms with Gasteiger partial charge in [-0.05, 0) is 32.2 Å². The van der Waals surface area contributed by atoms with Crippen molar-refractivity contribution in [1.82, 2.24) is 4.90 Å². The summed E-state index contributed by atoms with van der Waals surface area (Å²) in [4.78, 5) is 13.2. The van der Waals surface area contributed by atoms with Gasteiger partial charge in [0.2, 0.25) is 0 Å². The highest BCUT2D eigenvalue weighted by atomic mass is 16.4. The van der Waals surface area contributed by atoms with Crippen LogP contribution in [0.4, 0.5) is 0 Å². The second-order valence-corrected chi connectivity index (χ2v) is 6.39. The van der Waals surface area contributed by atoms with Crippen LogP contribution >= 0.6 is 0 Å². The molecule has 0 bridgehead atoms. The van der Waals surface area contributed by atoms with E-state index < -0.39 is 11.4 Å². The highest BCUT2D eigenvalue weighted by Gasteiger charge is 2.40. The first-order valence-electron chi connectivity index (χ1n) is 7.13. The van der Waals surface area contributed by atoms with Crippen LogP contribution < -0.4 is 0 Å². The predicted molar refractivity (Wildman–Crippen MR) is 69.4 cm³/mol. The Balaban J connectivity index is 1.75. The van der Waals surface area contributed by atoms with Crippen molar-refractivity contribution < 1.29 is 15.0 Å². The van der Waals surface area contributed by atoms with Crippen molar-refractivity contribution in [2.24, 2.45) is 11.3 Å². The molecule has 1 heterocycles. The number of rotatable bonds is 5. The minimum atomic E-state index is -0.713. The zero-order valence-electron chi connectivity index (χ0n) is 11.3. The minimum Gasteiger partial charge on any atom is -0.481 e. The molecule has 4 heteroatoms. The van der Waals surface area contributed by atoms with E-state index in [-0.39, 0.29) is 6.10 Å². The minimum absolute atomic E-state index is 0.288. The summed E-state index contributed by atoms with van der Waals surface area (Å²) in [6.45, 7) is 3.81. The maximum Gasteiger partial charge on any atom is 0.310 e. The molecule has 2 unspecified atom stereocenters. The molecule has 18 heavy (non-hydrogen) atoms. The van der Waals surface area contributed by atoms with Crippen LogP contribution in [0, 0.1) is 11.3 Å². The summed E-state index contributed by atoms with van der Waals surface area (Å²) in [6.07, 6.45) is 6.41. The van der Waals surface area contributed by atoms with Gasteiger partial charge in [-0.1, -0.05) is 25.7 Å². The Labute approximate surface area is 109 Å². The number of aliphatic hydroxyl groups excluding tert-OH is 1. The van der Waals surface area contributed by atoms with E-state index >= 15 is 0 Å². The number of β-amino-alcohol motifs (C(OH)–C–C–N with tert-alkyl or cyclic N) is 1. The van der Waals surface area contributed by atoms with Crippen LogP contribution in [0.1, 0.15) is 45.4 Å². The maximum atomic E-state index is 11.1. The molecular weight excluding hydrogens is 230 g/mol. The number of aliphatic carboxylic acids is 1. The summed E-state index contributed by atoms with van der Waals surface area (Å²) in [5, 5.41) is 19.3. The summed E-state index contributed by atoms with van der Waals surface area (Å²) < 4.78 is 0. The highest BCUT2D eigenvalue weighted by molar-refractivity contribution is 5.74. The van der Waals surface area contributed by atoms with Crippen molar-refractivity contribution in [3.8, 4) is 0 Å². The van der Waals surface area contributed by atoms with E-state index in [4.69, 9.17) is 5.11 Å². The van der Waals surface area contributed by atoms with E-state index in [9.17, 15) is 9.90 Å². The molecule has 2 rings (SSSR count). The summed E-state index contributed by atoms with van der Waals surface area (Å²) in [6, 6.07) is 0. The third-order valence-corrected chi connectivity index (χ3v) is 4.62. The number of hydrogen-bond acceptors (Lipinski definition) is 3. The summed E-state index contributed by atoms with van der Waals surface area (Å²) in [5.74, 6) is -0.0243. The van der Waals surface area contributed by atoms with Crippen LogP contribution in [0.25, 0.3) is 0 Å². The molecule has 0 spiro atoms. The van der Waals surface area contributed by atoms with E-state index in [1.54, 1.807) is 6.92 Å². The molecule has 0 radical (unpaired) electrons. The average Bonchev–Trinajstić information content (AvgIpc) is 2.89. The Kier molecular flexibility index (Phi) is 4.28. The molecule has 2 fully saturated rings. The number of nitrogens with zero attached hydrogens (tertiary/aromatic N) is 1. The molecule has 1 aliphatic heterocycles. The Morgan fingerprint density at radius 3 is 2.67 bits per heavy atom. The van der Waals surface area contributed by atoms with Crippen molar-refractivity contribution in [2.45, 2.75) is 51.6 Å². The third-order valence-electron chi connectivity index (χ3n) is 4.62. The summed E-state index contributed by atoms with van der Waals surface area (Å²) in [5.41, 5.74) is -0.618. The zero-order valence-corrected chi connectivity index (χ0v) is 11.3. The molecular formula is C14H25NO3. The molecule has 2 atom stereocenters.